The molecule has 18 heavy (non-hydrogen) atoms. The predicted octanol–water partition coefficient (Wildman–Crippen LogP) is 2.48. The average Bonchev–Trinajstić information content (AvgIpc) is 2.60. The van der Waals surface area contributed by atoms with Crippen LogP contribution in [0.15, 0.2) is 34.6 Å². The van der Waals surface area contributed by atoms with E-state index in [-0.39, 0.29) is 18.0 Å². The fraction of sp³-hybridized carbons (Fsp3) is 0.533. The molecular formula is C15H18O3. The number of rotatable bonds is 1. The first-order chi connectivity index (χ1) is 8.55. The van der Waals surface area contributed by atoms with Crippen molar-refractivity contribution in [2.45, 2.75) is 33.1 Å². The third-order valence-electron chi connectivity index (χ3n) is 4.64. The number of allylic oxidation sites excluding steroid dienone is 3. The summed E-state index contributed by atoms with van der Waals surface area (Å²) in [6, 6.07) is 0. The topological polar surface area (TPSA) is 46.5 Å². The second-order valence-corrected chi connectivity index (χ2v) is 5.74. The lowest BCUT2D eigenvalue weighted by Crippen LogP contribution is -2.34. The van der Waals surface area contributed by atoms with Crippen LogP contribution in [0.4, 0.5) is 0 Å². The molecule has 3 rings (SSSR count). The molecule has 0 aromatic heterocycles. The summed E-state index contributed by atoms with van der Waals surface area (Å²) in [7, 11) is 0. The summed E-state index contributed by atoms with van der Waals surface area (Å²) in [5.41, 5.74) is 2.88. The zero-order valence-corrected chi connectivity index (χ0v) is 10.8. The first-order valence-corrected chi connectivity index (χ1v) is 6.50. The number of hydrogen-bond donors (Lipinski definition) is 1. The minimum Gasteiger partial charge on any atom is -0.423 e. The van der Waals surface area contributed by atoms with E-state index in [0.717, 1.165) is 41.7 Å². The third-order valence-corrected chi connectivity index (χ3v) is 4.64. The summed E-state index contributed by atoms with van der Waals surface area (Å²) in [5, 5.41) is 9.50. The number of esters is 1. The van der Waals surface area contributed by atoms with Gasteiger partial charge in [-0.15, -0.1) is 0 Å². The van der Waals surface area contributed by atoms with Crippen LogP contribution in [0, 0.1) is 11.3 Å². The van der Waals surface area contributed by atoms with Crippen molar-refractivity contribution in [1.29, 1.82) is 0 Å². The highest BCUT2D eigenvalue weighted by Gasteiger charge is 2.44. The van der Waals surface area contributed by atoms with Crippen molar-refractivity contribution < 1.29 is 14.6 Å². The lowest BCUT2D eigenvalue weighted by atomic mass is 9.62. The molecule has 2 atom stereocenters. The van der Waals surface area contributed by atoms with Crippen LogP contribution in [0.5, 0.6) is 0 Å². The zero-order valence-electron chi connectivity index (χ0n) is 10.8. The summed E-state index contributed by atoms with van der Waals surface area (Å²) in [6.07, 6.45) is 7.10. The molecule has 2 unspecified atom stereocenters. The number of carbonyl (C=O) groups is 1. The minimum atomic E-state index is -0.215. The molecule has 0 saturated heterocycles. The van der Waals surface area contributed by atoms with Crippen molar-refractivity contribution in [3.63, 3.8) is 0 Å². The Labute approximate surface area is 107 Å². The van der Waals surface area contributed by atoms with Gasteiger partial charge in [-0.05, 0) is 49.2 Å². The van der Waals surface area contributed by atoms with Crippen LogP contribution in [0.3, 0.4) is 0 Å². The summed E-state index contributed by atoms with van der Waals surface area (Å²) < 4.78 is 5.33. The molecular weight excluding hydrogens is 228 g/mol. The van der Waals surface area contributed by atoms with Gasteiger partial charge in [0.25, 0.3) is 0 Å². The van der Waals surface area contributed by atoms with Gasteiger partial charge in [-0.25, -0.2) is 4.79 Å². The Hall–Kier alpha value is -1.35. The number of ether oxygens (including phenoxy) is 1. The number of aliphatic hydroxyl groups excluding tert-OH is 1. The molecule has 0 spiro atoms. The Balaban J connectivity index is 2.08. The maximum Gasteiger partial charge on any atom is 0.339 e. The van der Waals surface area contributed by atoms with E-state index in [1.165, 1.54) is 0 Å². The number of aliphatic hydroxyl groups is 1. The Morgan fingerprint density at radius 3 is 3.06 bits per heavy atom. The predicted molar refractivity (Wildman–Crippen MR) is 67.5 cm³/mol. The second-order valence-electron chi connectivity index (χ2n) is 5.74. The van der Waals surface area contributed by atoms with Crippen LogP contribution in [0.2, 0.25) is 0 Å². The van der Waals surface area contributed by atoms with Crippen molar-refractivity contribution in [3.8, 4) is 0 Å². The zero-order chi connectivity index (χ0) is 12.9. The molecule has 0 radical (unpaired) electrons. The van der Waals surface area contributed by atoms with Crippen molar-refractivity contribution in [2.75, 3.05) is 6.61 Å². The summed E-state index contributed by atoms with van der Waals surface area (Å²) >= 11 is 0. The van der Waals surface area contributed by atoms with Gasteiger partial charge >= 0.3 is 5.97 Å². The van der Waals surface area contributed by atoms with E-state index in [2.05, 4.69) is 19.1 Å². The first-order valence-electron chi connectivity index (χ1n) is 6.50. The molecule has 3 nitrogen and oxygen atoms in total. The van der Waals surface area contributed by atoms with Crippen molar-refractivity contribution in [3.05, 3.63) is 34.6 Å². The van der Waals surface area contributed by atoms with E-state index in [4.69, 9.17) is 4.74 Å². The molecule has 2 aliphatic carbocycles. The van der Waals surface area contributed by atoms with Crippen molar-refractivity contribution in [1.82, 2.24) is 0 Å². The second kappa shape index (κ2) is 3.82. The molecule has 0 aromatic rings. The van der Waals surface area contributed by atoms with Gasteiger partial charge in [0.05, 0.1) is 6.61 Å². The van der Waals surface area contributed by atoms with E-state index < -0.39 is 0 Å². The monoisotopic (exact) mass is 246 g/mol. The molecule has 0 fully saturated rings. The highest BCUT2D eigenvalue weighted by atomic mass is 16.5. The molecule has 1 aliphatic heterocycles. The standard InChI is InChI=1S/C15H18O3/c1-9-11-6-12-10(8-16)4-3-5-15(12,2)7-13(11)18-14(9)17/h4,7,12,16H,3,5-6,8H2,1-2H3. The molecule has 0 amide bonds. The summed E-state index contributed by atoms with van der Waals surface area (Å²) in [5.74, 6) is 0.850. The number of carbonyl (C=O) groups excluding carboxylic acids is 1. The van der Waals surface area contributed by atoms with E-state index >= 15 is 0 Å². The fourth-order valence-electron chi connectivity index (χ4n) is 3.44. The van der Waals surface area contributed by atoms with Crippen LogP contribution < -0.4 is 0 Å². The van der Waals surface area contributed by atoms with Gasteiger partial charge in [0.2, 0.25) is 0 Å². The normalized spacial score (nSPS) is 34.6. The quantitative estimate of drug-likeness (QED) is 0.571. The Kier molecular flexibility index (Phi) is 2.49. The van der Waals surface area contributed by atoms with Gasteiger partial charge in [0, 0.05) is 11.1 Å². The highest BCUT2D eigenvalue weighted by Crippen LogP contribution is 2.52. The lowest BCUT2D eigenvalue weighted by molar-refractivity contribution is -0.133. The van der Waals surface area contributed by atoms with Crippen LogP contribution >= 0.6 is 0 Å². The largest absolute Gasteiger partial charge is 0.423 e. The van der Waals surface area contributed by atoms with Crippen LogP contribution in [0.25, 0.3) is 0 Å². The SMILES string of the molecule is CC1=C2CC3C(CO)=CCCC3(C)C=C2OC1=O. The fourth-order valence-corrected chi connectivity index (χ4v) is 3.44. The van der Waals surface area contributed by atoms with E-state index in [9.17, 15) is 9.90 Å². The van der Waals surface area contributed by atoms with Crippen molar-refractivity contribution in [2.24, 2.45) is 11.3 Å². The maximum absolute atomic E-state index is 11.6. The van der Waals surface area contributed by atoms with Crippen LogP contribution in [0.1, 0.15) is 33.1 Å². The highest BCUT2D eigenvalue weighted by molar-refractivity contribution is 5.94. The summed E-state index contributed by atoms with van der Waals surface area (Å²) in [6.45, 7) is 4.14. The van der Waals surface area contributed by atoms with Gasteiger partial charge in [0.1, 0.15) is 5.76 Å². The van der Waals surface area contributed by atoms with E-state index in [1.807, 2.05) is 6.92 Å². The molecule has 0 aromatic carbocycles. The van der Waals surface area contributed by atoms with Crippen LogP contribution in [-0.2, 0) is 9.53 Å². The molecule has 3 aliphatic rings. The molecule has 0 bridgehead atoms. The van der Waals surface area contributed by atoms with Crippen molar-refractivity contribution >= 4 is 5.97 Å². The lowest BCUT2D eigenvalue weighted by Gasteiger charge is -2.43. The Morgan fingerprint density at radius 2 is 2.33 bits per heavy atom. The molecule has 96 valence electrons. The first kappa shape index (κ1) is 11.7. The Bertz CT molecular complexity index is 510. The van der Waals surface area contributed by atoms with E-state index in [1.54, 1.807) is 0 Å². The molecule has 0 saturated carbocycles. The third kappa shape index (κ3) is 1.50. The number of hydrogen-bond acceptors (Lipinski definition) is 3. The maximum atomic E-state index is 11.6. The van der Waals surface area contributed by atoms with Gasteiger partial charge in [-0.3, -0.25) is 0 Å². The summed E-state index contributed by atoms with van der Waals surface area (Å²) in [4.78, 5) is 11.6. The number of fused-ring (bicyclic) bond motifs is 2. The smallest absolute Gasteiger partial charge is 0.339 e. The van der Waals surface area contributed by atoms with Crippen LogP contribution in [-0.4, -0.2) is 17.7 Å². The van der Waals surface area contributed by atoms with Gasteiger partial charge in [-0.2, -0.15) is 0 Å². The average molecular weight is 246 g/mol. The van der Waals surface area contributed by atoms with Gasteiger partial charge in [-0.1, -0.05) is 13.0 Å². The molecule has 1 heterocycles. The van der Waals surface area contributed by atoms with Gasteiger partial charge in [0.15, 0.2) is 0 Å². The van der Waals surface area contributed by atoms with E-state index in [0.29, 0.717) is 5.92 Å². The van der Waals surface area contributed by atoms with Gasteiger partial charge < -0.3 is 9.84 Å². The molecule has 1 N–H and O–H groups in total. The Morgan fingerprint density at radius 1 is 1.56 bits per heavy atom. The molecule has 3 heteroatoms. The minimum absolute atomic E-state index is 0.0105.